The van der Waals surface area contributed by atoms with Crippen LogP contribution in [0.3, 0.4) is 0 Å². The van der Waals surface area contributed by atoms with Crippen LogP contribution in [0.15, 0.2) is 46.9 Å². The van der Waals surface area contributed by atoms with Gasteiger partial charge >= 0.3 is 0 Å². The van der Waals surface area contributed by atoms with Crippen LogP contribution in [-0.4, -0.2) is 11.0 Å². The van der Waals surface area contributed by atoms with Crippen LogP contribution in [0.5, 0.6) is 0 Å². The number of benzene rings is 2. The minimum Gasteiger partial charge on any atom is -0.392 e. The van der Waals surface area contributed by atoms with Gasteiger partial charge in [0.1, 0.15) is 5.82 Å². The number of carbonyl (C=O) groups is 1. The van der Waals surface area contributed by atoms with E-state index in [0.717, 1.165) is 11.1 Å². The van der Waals surface area contributed by atoms with Crippen LogP contribution in [0.25, 0.3) is 0 Å². The number of aliphatic hydroxyl groups excluding tert-OH is 1. The van der Waals surface area contributed by atoms with Crippen molar-refractivity contribution in [3.8, 4) is 0 Å². The summed E-state index contributed by atoms with van der Waals surface area (Å²) in [6.07, 6.45) is 0. The minimum absolute atomic E-state index is 0.0771. The second-order valence-electron chi connectivity index (χ2n) is 4.23. The van der Waals surface area contributed by atoms with Gasteiger partial charge in [0.25, 0.3) is 5.91 Å². The molecule has 0 aliphatic heterocycles. The fraction of sp³-hybridized carbons (Fsp3) is 0.133. The van der Waals surface area contributed by atoms with E-state index < -0.39 is 5.82 Å². The summed E-state index contributed by atoms with van der Waals surface area (Å²) in [6.45, 7) is 0.228. The first-order valence-corrected chi connectivity index (χ1v) is 6.82. The number of hydrogen-bond donors (Lipinski definition) is 2. The molecule has 104 valence electrons. The quantitative estimate of drug-likeness (QED) is 0.900. The van der Waals surface area contributed by atoms with Gasteiger partial charge in [-0.1, -0.05) is 24.3 Å². The summed E-state index contributed by atoms with van der Waals surface area (Å²) in [4.78, 5) is 12.0. The zero-order chi connectivity index (χ0) is 14.5. The first-order valence-electron chi connectivity index (χ1n) is 6.02. The lowest BCUT2D eigenvalue weighted by Gasteiger charge is -2.10. The largest absolute Gasteiger partial charge is 0.392 e. The Kier molecular flexibility index (Phi) is 4.87. The number of rotatable bonds is 4. The Labute approximate surface area is 124 Å². The second kappa shape index (κ2) is 6.63. The Morgan fingerprint density at radius 2 is 1.90 bits per heavy atom. The summed E-state index contributed by atoms with van der Waals surface area (Å²) in [6, 6.07) is 11.2. The number of hydrogen-bond acceptors (Lipinski definition) is 2. The van der Waals surface area contributed by atoms with Gasteiger partial charge in [-0.3, -0.25) is 4.79 Å². The van der Waals surface area contributed by atoms with Gasteiger partial charge in [0, 0.05) is 11.0 Å². The zero-order valence-corrected chi connectivity index (χ0v) is 12.2. The fourth-order valence-electron chi connectivity index (χ4n) is 1.83. The van der Waals surface area contributed by atoms with Gasteiger partial charge in [0.15, 0.2) is 0 Å². The van der Waals surface area contributed by atoms with Gasteiger partial charge < -0.3 is 10.4 Å². The lowest BCUT2D eigenvalue weighted by Crippen LogP contribution is -2.23. The first kappa shape index (κ1) is 14.7. The average Bonchev–Trinajstić information content (AvgIpc) is 2.45. The molecule has 1 amide bonds. The van der Waals surface area contributed by atoms with Crippen LogP contribution >= 0.6 is 15.9 Å². The highest BCUT2D eigenvalue weighted by atomic mass is 79.9. The molecule has 0 bridgehead atoms. The van der Waals surface area contributed by atoms with E-state index in [1.807, 2.05) is 18.2 Å². The van der Waals surface area contributed by atoms with Crippen molar-refractivity contribution in [2.75, 3.05) is 0 Å². The summed E-state index contributed by atoms with van der Waals surface area (Å²) < 4.78 is 13.4. The molecular weight excluding hydrogens is 325 g/mol. The average molecular weight is 338 g/mol. The zero-order valence-electron chi connectivity index (χ0n) is 10.6. The molecule has 0 aliphatic rings. The predicted molar refractivity (Wildman–Crippen MR) is 77.6 cm³/mol. The van der Waals surface area contributed by atoms with Gasteiger partial charge in [0.2, 0.25) is 0 Å². The standard InChI is InChI=1S/C15H13BrFNO2/c16-14-7-12(17)5-6-13(14)15(20)18-8-10-3-1-2-4-11(10)9-19/h1-7,19H,8-9H2,(H,18,20). The predicted octanol–water partition coefficient (Wildman–Crippen LogP) is 3.01. The summed E-state index contributed by atoms with van der Waals surface area (Å²) >= 11 is 3.16. The number of carbonyl (C=O) groups excluding carboxylic acids is 1. The molecule has 2 aromatic carbocycles. The second-order valence-corrected chi connectivity index (χ2v) is 5.09. The Balaban J connectivity index is 2.09. The topological polar surface area (TPSA) is 49.3 Å². The SMILES string of the molecule is O=C(NCc1ccccc1CO)c1ccc(F)cc1Br. The van der Waals surface area contributed by atoms with Crippen LogP contribution in [0, 0.1) is 5.82 Å². The molecule has 2 N–H and O–H groups in total. The van der Waals surface area contributed by atoms with Gasteiger partial charge in [-0.15, -0.1) is 0 Å². The van der Waals surface area contributed by atoms with Gasteiger partial charge in [-0.2, -0.15) is 0 Å². The molecule has 0 aliphatic carbocycles. The van der Waals surface area contributed by atoms with Crippen molar-refractivity contribution < 1.29 is 14.3 Å². The van der Waals surface area contributed by atoms with Gasteiger partial charge in [-0.05, 0) is 45.3 Å². The number of aliphatic hydroxyl groups is 1. The van der Waals surface area contributed by atoms with Crippen LogP contribution < -0.4 is 5.32 Å². The van der Waals surface area contributed by atoms with Gasteiger partial charge in [-0.25, -0.2) is 4.39 Å². The third kappa shape index (κ3) is 3.43. The fourth-order valence-corrected chi connectivity index (χ4v) is 2.36. The highest BCUT2D eigenvalue weighted by Gasteiger charge is 2.11. The maximum atomic E-state index is 13.0. The summed E-state index contributed by atoms with van der Waals surface area (Å²) in [5.41, 5.74) is 1.99. The lowest BCUT2D eigenvalue weighted by molar-refractivity contribution is 0.0949. The smallest absolute Gasteiger partial charge is 0.252 e. The van der Waals surface area contributed by atoms with Gasteiger partial charge in [0.05, 0.1) is 12.2 Å². The third-order valence-electron chi connectivity index (χ3n) is 2.90. The molecular formula is C15H13BrFNO2. The normalized spacial score (nSPS) is 10.3. The Hall–Kier alpha value is -1.72. The summed E-state index contributed by atoms with van der Waals surface area (Å²) in [7, 11) is 0. The maximum Gasteiger partial charge on any atom is 0.252 e. The van der Waals surface area contributed by atoms with E-state index in [1.165, 1.54) is 18.2 Å². The van der Waals surface area contributed by atoms with Crippen LogP contribution in [-0.2, 0) is 13.2 Å². The molecule has 0 unspecified atom stereocenters. The Morgan fingerprint density at radius 3 is 2.55 bits per heavy atom. The molecule has 2 rings (SSSR count). The van der Waals surface area contributed by atoms with Crippen LogP contribution in [0.1, 0.15) is 21.5 Å². The molecule has 20 heavy (non-hydrogen) atoms. The number of nitrogens with one attached hydrogen (secondary N) is 1. The van der Waals surface area contributed by atoms with Crippen molar-refractivity contribution in [2.45, 2.75) is 13.2 Å². The number of halogens is 2. The molecule has 0 aromatic heterocycles. The Morgan fingerprint density at radius 1 is 1.20 bits per heavy atom. The summed E-state index contributed by atoms with van der Waals surface area (Å²) in [5, 5.41) is 12.0. The third-order valence-corrected chi connectivity index (χ3v) is 3.56. The highest BCUT2D eigenvalue weighted by Crippen LogP contribution is 2.18. The number of amides is 1. The molecule has 0 saturated carbocycles. The van der Waals surface area contributed by atoms with Crippen LogP contribution in [0.2, 0.25) is 0 Å². The Bertz CT molecular complexity index is 631. The van der Waals surface area contributed by atoms with Crippen molar-refractivity contribution >= 4 is 21.8 Å². The van der Waals surface area contributed by atoms with E-state index in [2.05, 4.69) is 21.2 Å². The molecule has 0 atom stereocenters. The first-order chi connectivity index (χ1) is 9.61. The molecule has 2 aromatic rings. The van der Waals surface area contributed by atoms with E-state index in [1.54, 1.807) is 6.07 Å². The van der Waals surface area contributed by atoms with E-state index in [-0.39, 0.29) is 12.5 Å². The maximum absolute atomic E-state index is 13.0. The highest BCUT2D eigenvalue weighted by molar-refractivity contribution is 9.10. The summed E-state index contributed by atoms with van der Waals surface area (Å²) in [5.74, 6) is -0.705. The van der Waals surface area contributed by atoms with Crippen molar-refractivity contribution in [3.05, 3.63) is 69.4 Å². The van der Waals surface area contributed by atoms with Crippen molar-refractivity contribution in [2.24, 2.45) is 0 Å². The minimum atomic E-state index is -0.404. The molecule has 3 nitrogen and oxygen atoms in total. The molecule has 0 radical (unpaired) electrons. The molecule has 5 heteroatoms. The van der Waals surface area contributed by atoms with E-state index in [4.69, 9.17) is 0 Å². The van der Waals surface area contributed by atoms with E-state index >= 15 is 0 Å². The lowest BCUT2D eigenvalue weighted by atomic mass is 10.1. The van der Waals surface area contributed by atoms with Crippen molar-refractivity contribution in [3.63, 3.8) is 0 Å². The van der Waals surface area contributed by atoms with E-state index in [0.29, 0.717) is 16.6 Å². The van der Waals surface area contributed by atoms with Crippen molar-refractivity contribution in [1.82, 2.24) is 5.32 Å². The molecule has 0 fully saturated rings. The van der Waals surface area contributed by atoms with Crippen molar-refractivity contribution in [1.29, 1.82) is 0 Å². The molecule has 0 heterocycles. The molecule has 0 spiro atoms. The molecule has 0 saturated heterocycles. The monoisotopic (exact) mass is 337 g/mol. The van der Waals surface area contributed by atoms with Crippen LogP contribution in [0.4, 0.5) is 4.39 Å². The van der Waals surface area contributed by atoms with E-state index in [9.17, 15) is 14.3 Å².